The zero-order valence-electron chi connectivity index (χ0n) is 12.0. The summed E-state index contributed by atoms with van der Waals surface area (Å²) in [5.74, 6) is -1.17. The molecule has 5 nitrogen and oxygen atoms in total. The fraction of sp³-hybridized carbons (Fsp3) is 0.176. The number of para-hydroxylation sites is 1. The molecule has 1 fully saturated rings. The second-order valence-electron chi connectivity index (χ2n) is 5.97. The van der Waals surface area contributed by atoms with Crippen molar-refractivity contribution in [3.63, 3.8) is 0 Å². The van der Waals surface area contributed by atoms with Gasteiger partial charge in [0, 0.05) is 23.1 Å². The molecule has 5 rings (SSSR count). The van der Waals surface area contributed by atoms with Gasteiger partial charge in [0.05, 0.1) is 15.6 Å². The Morgan fingerprint density at radius 2 is 2.09 bits per heavy atom. The lowest BCUT2D eigenvalue weighted by atomic mass is 10.2. The summed E-state index contributed by atoms with van der Waals surface area (Å²) in [7, 11) is 0. The van der Waals surface area contributed by atoms with Crippen molar-refractivity contribution in [1.29, 1.82) is 0 Å². The second-order valence-corrected chi connectivity index (χ2v) is 6.97. The van der Waals surface area contributed by atoms with Crippen molar-refractivity contribution in [3.05, 3.63) is 46.2 Å². The number of aromatic nitrogens is 2. The zero-order chi connectivity index (χ0) is 15.7. The first-order valence-corrected chi connectivity index (χ1v) is 8.28. The van der Waals surface area contributed by atoms with Gasteiger partial charge in [-0.2, -0.15) is 0 Å². The van der Waals surface area contributed by atoms with Gasteiger partial charge in [0.2, 0.25) is 5.43 Å². The number of H-pyrrole nitrogens is 1. The Kier molecular flexibility index (Phi) is 2.37. The molecule has 0 spiro atoms. The summed E-state index contributed by atoms with van der Waals surface area (Å²) in [6.45, 7) is 0. The van der Waals surface area contributed by atoms with Crippen molar-refractivity contribution in [3.8, 4) is 0 Å². The van der Waals surface area contributed by atoms with Crippen LogP contribution in [0.15, 0.2) is 35.3 Å². The van der Waals surface area contributed by atoms with E-state index in [2.05, 4.69) is 4.98 Å². The molecular formula is C17H12N2O3S. The van der Waals surface area contributed by atoms with Gasteiger partial charge >= 0.3 is 5.97 Å². The van der Waals surface area contributed by atoms with E-state index in [4.69, 9.17) is 0 Å². The first-order valence-electron chi connectivity index (χ1n) is 7.46. The Morgan fingerprint density at radius 3 is 2.83 bits per heavy atom. The lowest BCUT2D eigenvalue weighted by molar-refractivity contribution is 0.0695. The molecule has 0 radical (unpaired) electrons. The van der Waals surface area contributed by atoms with Gasteiger partial charge in [0.15, 0.2) is 0 Å². The van der Waals surface area contributed by atoms with Gasteiger partial charge < -0.3 is 14.7 Å². The van der Waals surface area contributed by atoms with E-state index in [0.717, 1.165) is 38.8 Å². The number of nitrogens with one attached hydrogen (secondary N) is 1. The molecule has 4 aromatic rings. The lowest BCUT2D eigenvalue weighted by Crippen LogP contribution is -2.17. The average Bonchev–Trinajstić information content (AvgIpc) is 3.20. The molecule has 1 saturated carbocycles. The number of carboxylic acid groups (broad SMARTS) is 1. The van der Waals surface area contributed by atoms with E-state index in [9.17, 15) is 14.7 Å². The Labute approximate surface area is 133 Å². The number of hydrogen-bond donors (Lipinski definition) is 2. The number of aromatic amines is 1. The van der Waals surface area contributed by atoms with Crippen LogP contribution >= 0.6 is 11.3 Å². The number of carbonyl (C=O) groups is 1. The summed E-state index contributed by atoms with van der Waals surface area (Å²) in [5, 5.41) is 11.0. The van der Waals surface area contributed by atoms with Crippen LogP contribution in [0.1, 0.15) is 29.2 Å². The molecule has 0 amide bonds. The summed E-state index contributed by atoms with van der Waals surface area (Å²) < 4.78 is 3.00. The summed E-state index contributed by atoms with van der Waals surface area (Å²) in [6, 6.07) is 8.21. The predicted octanol–water partition coefficient (Wildman–Crippen LogP) is 3.73. The van der Waals surface area contributed by atoms with Crippen molar-refractivity contribution in [1.82, 2.24) is 9.55 Å². The summed E-state index contributed by atoms with van der Waals surface area (Å²) in [5.41, 5.74) is 1.17. The lowest BCUT2D eigenvalue weighted by Gasteiger charge is -2.07. The fourth-order valence-corrected chi connectivity index (χ4v) is 4.55. The predicted molar refractivity (Wildman–Crippen MR) is 90.7 cm³/mol. The highest BCUT2D eigenvalue weighted by Crippen LogP contribution is 2.42. The smallest absolute Gasteiger partial charge is 0.341 e. The fourth-order valence-electron chi connectivity index (χ4n) is 3.21. The molecule has 23 heavy (non-hydrogen) atoms. The number of rotatable bonds is 2. The van der Waals surface area contributed by atoms with Gasteiger partial charge in [-0.1, -0.05) is 18.2 Å². The van der Waals surface area contributed by atoms with Crippen molar-refractivity contribution < 1.29 is 9.90 Å². The maximum absolute atomic E-state index is 12.7. The monoisotopic (exact) mass is 324 g/mol. The maximum atomic E-state index is 12.7. The van der Waals surface area contributed by atoms with Gasteiger partial charge in [0.1, 0.15) is 10.4 Å². The van der Waals surface area contributed by atoms with Crippen LogP contribution in [0.5, 0.6) is 0 Å². The van der Waals surface area contributed by atoms with Crippen LogP contribution in [0.2, 0.25) is 0 Å². The molecule has 3 heterocycles. The van der Waals surface area contributed by atoms with Gasteiger partial charge in [-0.05, 0) is 18.9 Å². The van der Waals surface area contributed by atoms with E-state index in [1.54, 1.807) is 11.3 Å². The van der Waals surface area contributed by atoms with Crippen molar-refractivity contribution in [2.75, 3.05) is 0 Å². The highest BCUT2D eigenvalue weighted by Gasteiger charge is 2.29. The number of carboxylic acids is 1. The third-order valence-corrected chi connectivity index (χ3v) is 5.70. The largest absolute Gasteiger partial charge is 0.477 e. The summed E-state index contributed by atoms with van der Waals surface area (Å²) >= 11 is 1.57. The number of pyridine rings is 1. The van der Waals surface area contributed by atoms with Crippen molar-refractivity contribution in [2.45, 2.75) is 18.9 Å². The Hall–Kier alpha value is -2.60. The van der Waals surface area contributed by atoms with Gasteiger partial charge in [-0.15, -0.1) is 11.3 Å². The molecular weight excluding hydrogens is 312 g/mol. The summed E-state index contributed by atoms with van der Waals surface area (Å²) in [4.78, 5) is 28.3. The van der Waals surface area contributed by atoms with E-state index in [1.165, 1.54) is 6.20 Å². The summed E-state index contributed by atoms with van der Waals surface area (Å²) in [6.07, 6.45) is 3.58. The topological polar surface area (TPSA) is 75.1 Å². The van der Waals surface area contributed by atoms with E-state index in [-0.39, 0.29) is 5.56 Å². The third-order valence-electron chi connectivity index (χ3n) is 4.47. The molecule has 0 aliphatic heterocycles. The average molecular weight is 324 g/mol. The first kappa shape index (κ1) is 12.9. The van der Waals surface area contributed by atoms with Crippen molar-refractivity contribution in [2.24, 2.45) is 0 Å². The van der Waals surface area contributed by atoms with Crippen LogP contribution in [-0.2, 0) is 0 Å². The molecule has 0 unspecified atom stereocenters. The standard InChI is InChI=1S/C17H12N2O3S/c20-14-10(17(21)22)7-19(8-5-6-8)16-12(14)13-15(23-16)9-3-1-2-4-11(9)18-13/h1-4,7-8,18H,5-6H2,(H,21,22). The Morgan fingerprint density at radius 1 is 1.30 bits per heavy atom. The van der Waals surface area contributed by atoms with E-state index in [1.807, 2.05) is 28.8 Å². The molecule has 1 aliphatic carbocycles. The number of hydrogen-bond acceptors (Lipinski definition) is 3. The molecule has 114 valence electrons. The molecule has 6 heteroatoms. The zero-order valence-corrected chi connectivity index (χ0v) is 12.8. The molecule has 0 atom stereocenters. The molecule has 0 saturated heterocycles. The highest BCUT2D eigenvalue weighted by molar-refractivity contribution is 7.26. The van der Waals surface area contributed by atoms with Crippen LogP contribution in [0.4, 0.5) is 0 Å². The first-order chi connectivity index (χ1) is 11.1. The Bertz CT molecular complexity index is 1180. The van der Waals surface area contributed by atoms with Gasteiger partial charge in [0.25, 0.3) is 0 Å². The second kappa shape index (κ2) is 4.23. The SMILES string of the molecule is O=C(O)c1cn(C2CC2)c2sc3c4ccccc4[nH]c3c2c1=O. The van der Waals surface area contributed by atoms with Crippen LogP contribution in [0.3, 0.4) is 0 Å². The van der Waals surface area contributed by atoms with Crippen LogP contribution in [0.25, 0.3) is 31.3 Å². The molecule has 0 bridgehead atoms. The molecule has 1 aromatic carbocycles. The number of benzene rings is 1. The van der Waals surface area contributed by atoms with E-state index < -0.39 is 11.4 Å². The molecule has 3 aromatic heterocycles. The van der Waals surface area contributed by atoms with E-state index in [0.29, 0.717) is 11.4 Å². The minimum Gasteiger partial charge on any atom is -0.477 e. The maximum Gasteiger partial charge on any atom is 0.341 e. The van der Waals surface area contributed by atoms with Crippen molar-refractivity contribution >= 4 is 48.6 Å². The minimum absolute atomic E-state index is 0.150. The quantitative estimate of drug-likeness (QED) is 0.590. The third kappa shape index (κ3) is 1.66. The van der Waals surface area contributed by atoms with Gasteiger partial charge in [-0.3, -0.25) is 4.79 Å². The number of nitrogens with zero attached hydrogens (tertiary/aromatic N) is 1. The normalized spacial score (nSPS) is 15.0. The number of aromatic carboxylic acids is 1. The minimum atomic E-state index is -1.17. The number of fused-ring (bicyclic) bond motifs is 5. The van der Waals surface area contributed by atoms with E-state index >= 15 is 0 Å². The number of thiophene rings is 1. The molecule has 1 aliphatic rings. The van der Waals surface area contributed by atoms with Crippen LogP contribution in [0, 0.1) is 0 Å². The van der Waals surface area contributed by atoms with Gasteiger partial charge in [-0.25, -0.2) is 4.79 Å². The van der Waals surface area contributed by atoms with Crippen LogP contribution in [-0.4, -0.2) is 20.6 Å². The highest BCUT2D eigenvalue weighted by atomic mass is 32.1. The molecule has 2 N–H and O–H groups in total. The Balaban J connectivity index is 2.03. The van der Waals surface area contributed by atoms with Crippen LogP contribution < -0.4 is 5.43 Å².